The number of nitrogens with zero attached hydrogens (tertiary/aromatic N) is 1. The van der Waals surface area contributed by atoms with Crippen molar-refractivity contribution in [3.05, 3.63) is 29.8 Å². The van der Waals surface area contributed by atoms with Crippen molar-refractivity contribution in [2.24, 2.45) is 5.92 Å². The third-order valence-electron chi connectivity index (χ3n) is 4.20. The van der Waals surface area contributed by atoms with E-state index in [0.717, 1.165) is 36.6 Å². The number of rotatable bonds is 2. The maximum atomic E-state index is 12.6. The number of nitrogens with two attached hydrogens (primary N) is 1. The molecular formula is C16H24N2O. The number of hydrogen-bond acceptors (Lipinski definition) is 2. The van der Waals surface area contributed by atoms with Crippen LogP contribution in [-0.2, 0) is 4.79 Å². The van der Waals surface area contributed by atoms with Gasteiger partial charge in [-0.1, -0.05) is 19.1 Å². The molecule has 0 aliphatic carbocycles. The number of benzene rings is 1. The van der Waals surface area contributed by atoms with E-state index in [1.165, 1.54) is 0 Å². The van der Waals surface area contributed by atoms with Gasteiger partial charge in [-0.05, 0) is 50.3 Å². The van der Waals surface area contributed by atoms with E-state index in [4.69, 9.17) is 5.73 Å². The first-order valence-electron chi connectivity index (χ1n) is 7.15. The van der Waals surface area contributed by atoms with Gasteiger partial charge in [0.15, 0.2) is 0 Å². The second-order valence-corrected chi connectivity index (χ2v) is 5.90. The highest BCUT2D eigenvalue weighted by molar-refractivity contribution is 5.84. The van der Waals surface area contributed by atoms with Crippen molar-refractivity contribution in [1.29, 1.82) is 0 Å². The summed E-state index contributed by atoms with van der Waals surface area (Å²) in [6, 6.07) is 8.00. The van der Waals surface area contributed by atoms with Gasteiger partial charge in [0.25, 0.3) is 0 Å². The molecule has 1 amide bonds. The minimum absolute atomic E-state index is 0.112. The van der Waals surface area contributed by atoms with Gasteiger partial charge in [0.05, 0.1) is 5.92 Å². The number of carbonyl (C=O) groups is 1. The van der Waals surface area contributed by atoms with Crippen molar-refractivity contribution in [2.45, 2.75) is 45.6 Å². The van der Waals surface area contributed by atoms with Crippen LogP contribution in [0.3, 0.4) is 0 Å². The predicted octanol–water partition coefficient (Wildman–Crippen LogP) is 3.02. The SMILES string of the molecule is CC1CCN(C(=O)C(C)c2cccc(N)c2)C(C)C1. The van der Waals surface area contributed by atoms with E-state index in [-0.39, 0.29) is 11.8 Å². The zero-order valence-electron chi connectivity index (χ0n) is 12.1. The highest BCUT2D eigenvalue weighted by Gasteiger charge is 2.30. The predicted molar refractivity (Wildman–Crippen MR) is 78.8 cm³/mol. The molecule has 3 heteroatoms. The fraction of sp³-hybridized carbons (Fsp3) is 0.562. The number of carbonyl (C=O) groups excluding carboxylic acids is 1. The van der Waals surface area contributed by atoms with Crippen molar-refractivity contribution in [3.63, 3.8) is 0 Å². The van der Waals surface area contributed by atoms with Crippen LogP contribution < -0.4 is 5.73 Å². The lowest BCUT2D eigenvalue weighted by molar-refractivity contribution is -0.136. The zero-order chi connectivity index (χ0) is 14.0. The molecule has 1 heterocycles. The lowest BCUT2D eigenvalue weighted by Gasteiger charge is -2.38. The molecule has 1 fully saturated rings. The van der Waals surface area contributed by atoms with Gasteiger partial charge in [-0.2, -0.15) is 0 Å². The van der Waals surface area contributed by atoms with Crippen molar-refractivity contribution in [1.82, 2.24) is 4.90 Å². The summed E-state index contributed by atoms with van der Waals surface area (Å²) in [7, 11) is 0. The second kappa shape index (κ2) is 5.64. The average molecular weight is 260 g/mol. The summed E-state index contributed by atoms with van der Waals surface area (Å²) in [4.78, 5) is 14.6. The monoisotopic (exact) mass is 260 g/mol. The molecule has 1 aromatic carbocycles. The summed E-state index contributed by atoms with van der Waals surface area (Å²) in [5.41, 5.74) is 7.53. The Hall–Kier alpha value is -1.51. The van der Waals surface area contributed by atoms with Crippen molar-refractivity contribution >= 4 is 11.6 Å². The number of nitrogen functional groups attached to an aromatic ring is 1. The number of anilines is 1. The number of amides is 1. The van der Waals surface area contributed by atoms with Gasteiger partial charge in [0.2, 0.25) is 5.91 Å². The minimum Gasteiger partial charge on any atom is -0.399 e. The first kappa shape index (κ1) is 13.9. The normalized spacial score (nSPS) is 25.1. The van der Waals surface area contributed by atoms with Crippen LogP contribution in [0.1, 0.15) is 45.1 Å². The molecule has 3 nitrogen and oxygen atoms in total. The Balaban J connectivity index is 2.11. The molecule has 1 saturated heterocycles. The second-order valence-electron chi connectivity index (χ2n) is 5.90. The van der Waals surface area contributed by atoms with Crippen LogP contribution >= 0.6 is 0 Å². The Morgan fingerprint density at radius 2 is 2.16 bits per heavy atom. The maximum absolute atomic E-state index is 12.6. The van der Waals surface area contributed by atoms with Crippen LogP contribution in [0.5, 0.6) is 0 Å². The summed E-state index contributed by atoms with van der Waals surface area (Å²) in [6.45, 7) is 7.27. The Morgan fingerprint density at radius 3 is 2.79 bits per heavy atom. The van der Waals surface area contributed by atoms with Crippen LogP contribution in [0.2, 0.25) is 0 Å². The fourth-order valence-electron chi connectivity index (χ4n) is 2.95. The van der Waals surface area contributed by atoms with E-state index in [1.54, 1.807) is 0 Å². The summed E-state index contributed by atoms with van der Waals surface area (Å²) in [6.07, 6.45) is 2.22. The molecule has 0 radical (unpaired) electrons. The Bertz CT molecular complexity index is 458. The lowest BCUT2D eigenvalue weighted by atomic mass is 9.91. The van der Waals surface area contributed by atoms with E-state index in [1.807, 2.05) is 36.1 Å². The number of hydrogen-bond donors (Lipinski definition) is 1. The smallest absolute Gasteiger partial charge is 0.230 e. The molecule has 3 atom stereocenters. The molecule has 3 unspecified atom stereocenters. The molecule has 0 bridgehead atoms. The van der Waals surface area contributed by atoms with Crippen LogP contribution in [-0.4, -0.2) is 23.4 Å². The Morgan fingerprint density at radius 1 is 1.42 bits per heavy atom. The van der Waals surface area contributed by atoms with Gasteiger partial charge < -0.3 is 10.6 Å². The van der Waals surface area contributed by atoms with E-state index < -0.39 is 0 Å². The molecule has 19 heavy (non-hydrogen) atoms. The largest absolute Gasteiger partial charge is 0.399 e. The molecule has 2 rings (SSSR count). The molecule has 1 aliphatic heterocycles. The van der Waals surface area contributed by atoms with Crippen LogP contribution in [0, 0.1) is 5.92 Å². The van der Waals surface area contributed by atoms with Gasteiger partial charge in [0, 0.05) is 18.3 Å². The van der Waals surface area contributed by atoms with Gasteiger partial charge in [0.1, 0.15) is 0 Å². The average Bonchev–Trinajstić information content (AvgIpc) is 2.37. The first-order valence-corrected chi connectivity index (χ1v) is 7.15. The molecule has 104 valence electrons. The summed E-state index contributed by atoms with van der Waals surface area (Å²) >= 11 is 0. The fourth-order valence-corrected chi connectivity index (χ4v) is 2.95. The first-order chi connectivity index (χ1) is 8.99. The third kappa shape index (κ3) is 3.09. The summed E-state index contributed by atoms with van der Waals surface area (Å²) < 4.78 is 0. The van der Waals surface area contributed by atoms with Gasteiger partial charge in [-0.15, -0.1) is 0 Å². The van der Waals surface area contributed by atoms with Crippen LogP contribution in [0.25, 0.3) is 0 Å². The molecular weight excluding hydrogens is 236 g/mol. The van der Waals surface area contributed by atoms with Crippen molar-refractivity contribution < 1.29 is 4.79 Å². The van der Waals surface area contributed by atoms with Crippen molar-refractivity contribution in [2.75, 3.05) is 12.3 Å². The summed E-state index contributed by atoms with van der Waals surface area (Å²) in [5.74, 6) is 0.839. The standard InChI is InChI=1S/C16H24N2O/c1-11-7-8-18(12(2)9-11)16(19)13(3)14-5-4-6-15(17)10-14/h4-6,10-13H,7-9,17H2,1-3H3. The molecule has 0 aromatic heterocycles. The van der Waals surface area contributed by atoms with E-state index in [2.05, 4.69) is 13.8 Å². The minimum atomic E-state index is -0.112. The molecule has 0 spiro atoms. The third-order valence-corrected chi connectivity index (χ3v) is 4.20. The van der Waals surface area contributed by atoms with Gasteiger partial charge in [-0.25, -0.2) is 0 Å². The van der Waals surface area contributed by atoms with E-state index in [9.17, 15) is 4.79 Å². The highest BCUT2D eigenvalue weighted by atomic mass is 16.2. The molecule has 2 N–H and O–H groups in total. The molecule has 0 saturated carbocycles. The molecule has 1 aromatic rings. The van der Waals surface area contributed by atoms with Crippen LogP contribution in [0.15, 0.2) is 24.3 Å². The number of likely N-dealkylation sites (tertiary alicyclic amines) is 1. The van der Waals surface area contributed by atoms with E-state index in [0.29, 0.717) is 6.04 Å². The maximum Gasteiger partial charge on any atom is 0.230 e. The lowest BCUT2D eigenvalue weighted by Crippen LogP contribution is -2.45. The molecule has 1 aliphatic rings. The quantitative estimate of drug-likeness (QED) is 0.831. The Labute approximate surface area is 115 Å². The zero-order valence-corrected chi connectivity index (χ0v) is 12.1. The Kier molecular flexibility index (Phi) is 4.13. The van der Waals surface area contributed by atoms with Crippen molar-refractivity contribution in [3.8, 4) is 0 Å². The topological polar surface area (TPSA) is 46.3 Å². The number of piperidine rings is 1. The highest BCUT2D eigenvalue weighted by Crippen LogP contribution is 2.27. The summed E-state index contributed by atoms with van der Waals surface area (Å²) in [5, 5.41) is 0. The van der Waals surface area contributed by atoms with E-state index >= 15 is 0 Å². The van der Waals surface area contributed by atoms with Crippen LogP contribution in [0.4, 0.5) is 5.69 Å². The van der Waals surface area contributed by atoms with Gasteiger partial charge in [-0.3, -0.25) is 4.79 Å². The van der Waals surface area contributed by atoms with Gasteiger partial charge >= 0.3 is 0 Å².